The minimum Gasteiger partial charge on any atom is -0.493 e. The first kappa shape index (κ1) is 13.4. The zero-order chi connectivity index (χ0) is 14.7. The monoisotopic (exact) mass is 279 g/mol. The number of rotatable bonds is 5. The molecule has 0 aliphatic rings. The number of carbonyl (C=O) groups is 1. The molecule has 2 aromatic carbocycles. The molecule has 0 fully saturated rings. The Bertz CT molecular complexity index is 773. The minimum absolute atomic E-state index is 0.0777. The molecule has 3 aromatic rings. The van der Waals surface area contributed by atoms with Gasteiger partial charge in [0, 0.05) is 18.1 Å². The minimum atomic E-state index is 0.0777. The summed E-state index contributed by atoms with van der Waals surface area (Å²) in [5.41, 5.74) is 2.74. The van der Waals surface area contributed by atoms with Gasteiger partial charge in [0.05, 0.1) is 12.2 Å². The van der Waals surface area contributed by atoms with Crippen molar-refractivity contribution in [2.45, 2.75) is 13.3 Å². The van der Waals surface area contributed by atoms with Gasteiger partial charge in [-0.3, -0.25) is 4.79 Å². The van der Waals surface area contributed by atoms with Crippen molar-refractivity contribution in [2.75, 3.05) is 6.61 Å². The molecule has 0 saturated heterocycles. The van der Waals surface area contributed by atoms with Crippen molar-refractivity contribution in [2.24, 2.45) is 0 Å². The van der Waals surface area contributed by atoms with E-state index in [0.717, 1.165) is 16.5 Å². The second kappa shape index (κ2) is 5.83. The molecule has 0 bridgehead atoms. The third-order valence-corrected chi connectivity index (χ3v) is 3.47. The third kappa shape index (κ3) is 2.82. The van der Waals surface area contributed by atoms with Gasteiger partial charge >= 0.3 is 0 Å². The van der Waals surface area contributed by atoms with Crippen molar-refractivity contribution in [1.29, 1.82) is 0 Å². The van der Waals surface area contributed by atoms with Crippen LogP contribution in [0.4, 0.5) is 0 Å². The Labute approximate surface area is 123 Å². The fourth-order valence-corrected chi connectivity index (χ4v) is 2.47. The Balaban J connectivity index is 1.85. The number of carbonyl (C=O) groups excluding carboxylic acids is 1. The highest BCUT2D eigenvalue weighted by molar-refractivity contribution is 6.00. The lowest BCUT2D eigenvalue weighted by atomic mass is 10.0. The maximum absolute atomic E-state index is 12.5. The topological polar surface area (TPSA) is 42.1 Å². The highest BCUT2D eigenvalue weighted by atomic mass is 16.5. The van der Waals surface area contributed by atoms with Crippen LogP contribution in [-0.4, -0.2) is 17.4 Å². The molecule has 1 aromatic heterocycles. The van der Waals surface area contributed by atoms with Crippen LogP contribution in [0.3, 0.4) is 0 Å². The lowest BCUT2D eigenvalue weighted by molar-refractivity contribution is 0.0989. The zero-order valence-electron chi connectivity index (χ0n) is 11.9. The number of benzene rings is 2. The van der Waals surface area contributed by atoms with Crippen LogP contribution in [0.5, 0.6) is 5.75 Å². The molecule has 3 rings (SSSR count). The molecule has 0 saturated carbocycles. The normalized spacial score (nSPS) is 10.7. The first-order chi connectivity index (χ1) is 10.3. The third-order valence-electron chi connectivity index (χ3n) is 3.47. The summed E-state index contributed by atoms with van der Waals surface area (Å²) in [6, 6.07) is 15.5. The van der Waals surface area contributed by atoms with E-state index >= 15 is 0 Å². The van der Waals surface area contributed by atoms with Gasteiger partial charge in [0.1, 0.15) is 5.75 Å². The van der Waals surface area contributed by atoms with Crippen molar-refractivity contribution in [3.05, 3.63) is 65.9 Å². The van der Waals surface area contributed by atoms with Crippen molar-refractivity contribution in [3.8, 4) is 5.75 Å². The summed E-state index contributed by atoms with van der Waals surface area (Å²) >= 11 is 0. The van der Waals surface area contributed by atoms with Crippen molar-refractivity contribution < 1.29 is 9.53 Å². The number of aromatic amines is 1. The number of nitrogens with one attached hydrogen (secondary N) is 1. The van der Waals surface area contributed by atoms with Gasteiger partial charge < -0.3 is 9.72 Å². The van der Waals surface area contributed by atoms with Crippen LogP contribution >= 0.6 is 0 Å². The molecule has 1 heterocycles. The maximum Gasteiger partial charge on any atom is 0.170 e. The molecule has 0 spiro atoms. The maximum atomic E-state index is 12.5. The predicted octanol–water partition coefficient (Wildman–Crippen LogP) is 3.99. The van der Waals surface area contributed by atoms with Crippen LogP contribution in [-0.2, 0) is 6.42 Å². The van der Waals surface area contributed by atoms with E-state index in [2.05, 4.69) is 4.98 Å². The van der Waals surface area contributed by atoms with Gasteiger partial charge in [-0.1, -0.05) is 18.2 Å². The van der Waals surface area contributed by atoms with E-state index in [1.165, 1.54) is 0 Å². The van der Waals surface area contributed by atoms with Crippen molar-refractivity contribution >= 4 is 16.7 Å². The number of H-pyrrole nitrogens is 1. The van der Waals surface area contributed by atoms with Crippen molar-refractivity contribution in [1.82, 2.24) is 4.98 Å². The number of para-hydroxylation sites is 1. The number of hydrogen-bond acceptors (Lipinski definition) is 2. The van der Waals surface area contributed by atoms with Crippen LogP contribution in [0, 0.1) is 0 Å². The van der Waals surface area contributed by atoms with Gasteiger partial charge in [-0.15, -0.1) is 0 Å². The smallest absolute Gasteiger partial charge is 0.170 e. The SMILES string of the molecule is CCOc1ccccc1C(=O)Cc1ccc2[nH]ccc2c1. The summed E-state index contributed by atoms with van der Waals surface area (Å²) in [5, 5.41) is 1.12. The van der Waals surface area contributed by atoms with Crippen molar-refractivity contribution in [3.63, 3.8) is 0 Å². The van der Waals surface area contributed by atoms with E-state index in [-0.39, 0.29) is 5.78 Å². The quantitative estimate of drug-likeness (QED) is 0.717. The Morgan fingerprint density at radius 2 is 2.00 bits per heavy atom. The first-order valence-electron chi connectivity index (χ1n) is 7.09. The van der Waals surface area contributed by atoms with Crippen LogP contribution in [0.25, 0.3) is 10.9 Å². The lowest BCUT2D eigenvalue weighted by Gasteiger charge is -2.09. The first-order valence-corrected chi connectivity index (χ1v) is 7.09. The lowest BCUT2D eigenvalue weighted by Crippen LogP contribution is -2.06. The molecular weight excluding hydrogens is 262 g/mol. The Hall–Kier alpha value is -2.55. The van der Waals surface area contributed by atoms with Gasteiger partial charge in [-0.25, -0.2) is 0 Å². The highest BCUT2D eigenvalue weighted by Crippen LogP contribution is 2.21. The van der Waals surface area contributed by atoms with Gasteiger partial charge in [-0.05, 0) is 48.2 Å². The van der Waals surface area contributed by atoms with E-state index in [9.17, 15) is 4.79 Å². The number of hydrogen-bond donors (Lipinski definition) is 1. The molecule has 1 N–H and O–H groups in total. The number of aromatic nitrogens is 1. The Morgan fingerprint density at radius 3 is 2.86 bits per heavy atom. The Morgan fingerprint density at radius 1 is 1.14 bits per heavy atom. The summed E-state index contributed by atoms with van der Waals surface area (Å²) in [5.74, 6) is 0.738. The standard InChI is InChI=1S/C18H17NO2/c1-2-21-18-6-4-3-5-15(18)17(20)12-13-7-8-16-14(11-13)9-10-19-16/h3-11,19H,2,12H2,1H3. The molecule has 106 valence electrons. The van der Waals surface area contributed by atoms with E-state index in [1.54, 1.807) is 0 Å². The second-order valence-electron chi connectivity index (χ2n) is 4.93. The number of Topliss-reactive ketones (excluding diaryl/α,β-unsaturated/α-hetero) is 1. The van der Waals surface area contributed by atoms with E-state index < -0.39 is 0 Å². The summed E-state index contributed by atoms with van der Waals surface area (Å²) in [6.07, 6.45) is 2.28. The molecule has 0 aliphatic carbocycles. The fourth-order valence-electron chi connectivity index (χ4n) is 2.47. The van der Waals surface area contributed by atoms with Gasteiger partial charge in [0.25, 0.3) is 0 Å². The van der Waals surface area contributed by atoms with E-state index in [1.807, 2.05) is 61.7 Å². The highest BCUT2D eigenvalue weighted by Gasteiger charge is 2.12. The number of ether oxygens (including phenoxy) is 1. The van der Waals surface area contributed by atoms with Gasteiger partial charge in [0.2, 0.25) is 0 Å². The Kier molecular flexibility index (Phi) is 3.73. The van der Waals surface area contributed by atoms with Crippen LogP contribution < -0.4 is 4.74 Å². The average molecular weight is 279 g/mol. The summed E-state index contributed by atoms with van der Waals surface area (Å²) in [4.78, 5) is 15.6. The largest absolute Gasteiger partial charge is 0.493 e. The molecule has 0 atom stereocenters. The van der Waals surface area contributed by atoms with Crippen LogP contribution in [0.2, 0.25) is 0 Å². The molecule has 0 unspecified atom stereocenters. The van der Waals surface area contributed by atoms with E-state index in [4.69, 9.17) is 4.74 Å². The van der Waals surface area contributed by atoms with Gasteiger partial charge in [-0.2, -0.15) is 0 Å². The summed E-state index contributed by atoms with van der Waals surface area (Å²) in [7, 11) is 0. The van der Waals surface area contributed by atoms with Crippen LogP contribution in [0.15, 0.2) is 54.7 Å². The molecule has 3 heteroatoms. The molecule has 0 amide bonds. The number of fused-ring (bicyclic) bond motifs is 1. The van der Waals surface area contributed by atoms with E-state index in [0.29, 0.717) is 24.3 Å². The molecular formula is C18H17NO2. The molecule has 21 heavy (non-hydrogen) atoms. The zero-order valence-corrected chi connectivity index (χ0v) is 11.9. The fraction of sp³-hybridized carbons (Fsp3) is 0.167. The number of ketones is 1. The predicted molar refractivity (Wildman–Crippen MR) is 83.9 cm³/mol. The second-order valence-corrected chi connectivity index (χ2v) is 4.93. The van der Waals surface area contributed by atoms with Crippen LogP contribution in [0.1, 0.15) is 22.8 Å². The molecule has 0 radical (unpaired) electrons. The average Bonchev–Trinajstić information content (AvgIpc) is 2.95. The summed E-state index contributed by atoms with van der Waals surface area (Å²) in [6.45, 7) is 2.47. The van der Waals surface area contributed by atoms with Gasteiger partial charge in [0.15, 0.2) is 5.78 Å². The molecule has 3 nitrogen and oxygen atoms in total. The summed E-state index contributed by atoms with van der Waals surface area (Å²) < 4.78 is 5.53. The molecule has 0 aliphatic heterocycles.